The Labute approximate surface area is 94.8 Å². The van der Waals surface area contributed by atoms with Gasteiger partial charge in [-0.15, -0.1) is 0 Å². The molecule has 1 saturated carbocycles. The molecule has 0 bridgehead atoms. The molecule has 0 radical (unpaired) electrons. The lowest BCUT2D eigenvalue weighted by Crippen LogP contribution is -2.24. The van der Waals surface area contributed by atoms with E-state index in [4.69, 9.17) is 11.6 Å². The molecule has 1 aliphatic carbocycles. The molecule has 2 rings (SSSR count). The lowest BCUT2D eigenvalue weighted by atomic mass is 10.2. The Morgan fingerprint density at radius 3 is 2.73 bits per heavy atom. The largest absolute Gasteiger partial charge is 0.369 e. The molecule has 1 aromatic carbocycles. The molecule has 1 aromatic rings. The summed E-state index contributed by atoms with van der Waals surface area (Å²) in [4.78, 5) is 13.0. The predicted molar refractivity (Wildman–Crippen MR) is 62.9 cm³/mol. The Morgan fingerprint density at radius 1 is 1.53 bits per heavy atom. The fourth-order valence-electron chi connectivity index (χ4n) is 1.83. The molecule has 80 valence electrons. The van der Waals surface area contributed by atoms with Crippen molar-refractivity contribution in [3.05, 3.63) is 28.8 Å². The van der Waals surface area contributed by atoms with Crippen LogP contribution in [0.1, 0.15) is 30.1 Å². The van der Waals surface area contributed by atoms with Crippen molar-refractivity contribution in [3.63, 3.8) is 0 Å². The molecule has 0 heterocycles. The molecule has 3 heteroatoms. The number of hydrogen-bond acceptors (Lipinski definition) is 2. The van der Waals surface area contributed by atoms with Crippen LogP contribution in [0.4, 0.5) is 5.69 Å². The van der Waals surface area contributed by atoms with Crippen LogP contribution in [0.15, 0.2) is 18.2 Å². The van der Waals surface area contributed by atoms with Gasteiger partial charge in [-0.1, -0.05) is 11.6 Å². The smallest absolute Gasteiger partial charge is 0.151 e. The first kappa shape index (κ1) is 10.5. The van der Waals surface area contributed by atoms with Crippen LogP contribution in [-0.4, -0.2) is 18.9 Å². The number of benzene rings is 1. The Morgan fingerprint density at radius 2 is 2.27 bits per heavy atom. The Kier molecular flexibility index (Phi) is 2.96. The Balaban J connectivity index is 2.27. The van der Waals surface area contributed by atoms with Crippen LogP contribution in [0.25, 0.3) is 0 Å². The molecule has 0 unspecified atom stereocenters. The number of aldehydes is 1. The van der Waals surface area contributed by atoms with Crippen molar-refractivity contribution in [3.8, 4) is 0 Å². The number of nitrogens with zero attached hydrogens (tertiary/aromatic N) is 1. The third-order valence-electron chi connectivity index (χ3n) is 2.77. The van der Waals surface area contributed by atoms with Crippen molar-refractivity contribution in [2.24, 2.45) is 0 Å². The molecule has 2 nitrogen and oxygen atoms in total. The van der Waals surface area contributed by atoms with Gasteiger partial charge in [0.05, 0.1) is 5.02 Å². The molecular weight excluding hydrogens is 210 g/mol. The second kappa shape index (κ2) is 4.23. The molecule has 0 N–H and O–H groups in total. The van der Waals surface area contributed by atoms with Crippen LogP contribution in [-0.2, 0) is 0 Å². The first-order valence-electron chi connectivity index (χ1n) is 5.27. The third kappa shape index (κ3) is 2.15. The van der Waals surface area contributed by atoms with Crippen molar-refractivity contribution >= 4 is 23.6 Å². The van der Waals surface area contributed by atoms with Crippen LogP contribution in [0.3, 0.4) is 0 Å². The van der Waals surface area contributed by atoms with Gasteiger partial charge in [0.1, 0.15) is 0 Å². The van der Waals surface area contributed by atoms with Crippen LogP contribution >= 0.6 is 11.6 Å². The third-order valence-corrected chi connectivity index (χ3v) is 3.10. The predicted octanol–water partition coefficient (Wildman–Crippen LogP) is 3.14. The van der Waals surface area contributed by atoms with Crippen LogP contribution in [0, 0.1) is 0 Å². The van der Waals surface area contributed by atoms with Gasteiger partial charge >= 0.3 is 0 Å². The first-order valence-corrected chi connectivity index (χ1v) is 5.65. The maximum atomic E-state index is 10.6. The topological polar surface area (TPSA) is 20.3 Å². The van der Waals surface area contributed by atoms with Crippen molar-refractivity contribution < 1.29 is 4.79 Å². The van der Waals surface area contributed by atoms with E-state index in [0.717, 1.165) is 18.5 Å². The van der Waals surface area contributed by atoms with Gasteiger partial charge < -0.3 is 4.90 Å². The van der Waals surface area contributed by atoms with Crippen molar-refractivity contribution in [1.82, 2.24) is 0 Å². The van der Waals surface area contributed by atoms with Crippen LogP contribution in [0.2, 0.25) is 5.02 Å². The highest BCUT2D eigenvalue weighted by Gasteiger charge is 2.28. The highest BCUT2D eigenvalue weighted by Crippen LogP contribution is 2.33. The number of anilines is 1. The molecular formula is C12H14ClNO. The van der Waals surface area contributed by atoms with E-state index in [0.29, 0.717) is 16.6 Å². The number of carbonyl (C=O) groups is 1. The zero-order chi connectivity index (χ0) is 10.8. The summed E-state index contributed by atoms with van der Waals surface area (Å²) in [6, 6.07) is 6.31. The summed E-state index contributed by atoms with van der Waals surface area (Å²) in [6.45, 7) is 3.13. The molecule has 1 aliphatic rings. The van der Waals surface area contributed by atoms with Crippen molar-refractivity contribution in [2.45, 2.75) is 25.8 Å². The SMILES string of the molecule is CCN(c1ccc(C=O)c(Cl)c1)C1CC1. The average Bonchev–Trinajstić information content (AvgIpc) is 3.03. The summed E-state index contributed by atoms with van der Waals surface area (Å²) in [5.74, 6) is 0. The van der Waals surface area contributed by atoms with Gasteiger partial charge in [0, 0.05) is 23.8 Å². The fraction of sp³-hybridized carbons (Fsp3) is 0.417. The molecule has 15 heavy (non-hydrogen) atoms. The standard InChI is InChI=1S/C12H14ClNO/c1-2-14(10-5-6-10)11-4-3-9(8-15)12(13)7-11/h3-4,7-8,10H,2,5-6H2,1H3. The van der Waals surface area contributed by atoms with Gasteiger partial charge in [-0.25, -0.2) is 0 Å². The van der Waals surface area contributed by atoms with Gasteiger partial charge in [-0.3, -0.25) is 4.79 Å². The molecule has 0 atom stereocenters. The van der Waals surface area contributed by atoms with Gasteiger partial charge in [-0.05, 0) is 38.0 Å². The van der Waals surface area contributed by atoms with Crippen molar-refractivity contribution in [2.75, 3.05) is 11.4 Å². The van der Waals surface area contributed by atoms with E-state index in [1.54, 1.807) is 6.07 Å². The summed E-state index contributed by atoms with van der Waals surface area (Å²) in [5.41, 5.74) is 1.68. The monoisotopic (exact) mass is 223 g/mol. The lowest BCUT2D eigenvalue weighted by molar-refractivity contribution is 0.112. The average molecular weight is 224 g/mol. The molecule has 0 aliphatic heterocycles. The zero-order valence-corrected chi connectivity index (χ0v) is 9.50. The second-order valence-electron chi connectivity index (χ2n) is 3.84. The lowest BCUT2D eigenvalue weighted by Gasteiger charge is -2.23. The quantitative estimate of drug-likeness (QED) is 0.731. The molecule has 0 aromatic heterocycles. The van der Waals surface area contributed by atoms with Gasteiger partial charge in [0.15, 0.2) is 6.29 Å². The summed E-state index contributed by atoms with van der Waals surface area (Å²) < 4.78 is 0. The number of halogens is 1. The maximum absolute atomic E-state index is 10.6. The van der Waals surface area contributed by atoms with E-state index in [1.165, 1.54) is 12.8 Å². The minimum atomic E-state index is 0.543. The van der Waals surface area contributed by atoms with E-state index < -0.39 is 0 Å². The summed E-state index contributed by atoms with van der Waals surface area (Å²) in [5, 5.41) is 0.543. The number of carbonyl (C=O) groups excluding carboxylic acids is 1. The fourth-order valence-corrected chi connectivity index (χ4v) is 2.05. The van der Waals surface area contributed by atoms with E-state index in [-0.39, 0.29) is 0 Å². The summed E-state index contributed by atoms with van der Waals surface area (Å²) in [6.07, 6.45) is 3.32. The minimum Gasteiger partial charge on any atom is -0.369 e. The minimum absolute atomic E-state index is 0.543. The summed E-state index contributed by atoms with van der Waals surface area (Å²) >= 11 is 6.00. The van der Waals surface area contributed by atoms with Gasteiger partial charge in [-0.2, -0.15) is 0 Å². The van der Waals surface area contributed by atoms with E-state index in [1.807, 2.05) is 12.1 Å². The highest BCUT2D eigenvalue weighted by molar-refractivity contribution is 6.33. The highest BCUT2D eigenvalue weighted by atomic mass is 35.5. The van der Waals surface area contributed by atoms with Gasteiger partial charge in [0.25, 0.3) is 0 Å². The second-order valence-corrected chi connectivity index (χ2v) is 4.25. The number of hydrogen-bond donors (Lipinski definition) is 0. The first-order chi connectivity index (χ1) is 7.26. The maximum Gasteiger partial charge on any atom is 0.151 e. The van der Waals surface area contributed by atoms with E-state index >= 15 is 0 Å². The molecule has 0 saturated heterocycles. The molecule has 0 amide bonds. The Hall–Kier alpha value is -1.02. The van der Waals surface area contributed by atoms with Crippen LogP contribution in [0.5, 0.6) is 0 Å². The van der Waals surface area contributed by atoms with E-state index in [2.05, 4.69) is 11.8 Å². The number of rotatable bonds is 4. The summed E-state index contributed by atoms with van der Waals surface area (Å²) in [7, 11) is 0. The van der Waals surface area contributed by atoms with Crippen LogP contribution < -0.4 is 4.90 Å². The zero-order valence-electron chi connectivity index (χ0n) is 8.74. The van der Waals surface area contributed by atoms with Crippen molar-refractivity contribution in [1.29, 1.82) is 0 Å². The normalized spacial score (nSPS) is 15.1. The Bertz CT molecular complexity index is 374. The molecule has 1 fully saturated rings. The van der Waals surface area contributed by atoms with Gasteiger partial charge in [0.2, 0.25) is 0 Å². The van der Waals surface area contributed by atoms with E-state index in [9.17, 15) is 4.79 Å². The molecule has 0 spiro atoms.